The largest absolute Gasteiger partial charge is 0.497 e. The van der Waals surface area contributed by atoms with Gasteiger partial charge in [0.1, 0.15) is 11.5 Å². The van der Waals surface area contributed by atoms with Gasteiger partial charge in [-0.2, -0.15) is 0 Å². The zero-order valence-corrected chi connectivity index (χ0v) is 16.2. The van der Waals surface area contributed by atoms with E-state index in [0.29, 0.717) is 18.3 Å². The molecule has 1 aromatic carbocycles. The summed E-state index contributed by atoms with van der Waals surface area (Å²) in [7, 11) is 3.42. The Hall–Kier alpha value is -2.39. The lowest BCUT2D eigenvalue weighted by Crippen LogP contribution is -2.39. The third-order valence-electron chi connectivity index (χ3n) is 3.31. The third-order valence-corrected chi connectivity index (χ3v) is 3.60. The van der Waals surface area contributed by atoms with Crippen LogP contribution in [0.15, 0.2) is 28.7 Å². The maximum Gasteiger partial charge on any atom is 0.288 e. The van der Waals surface area contributed by atoms with E-state index in [-0.39, 0.29) is 29.9 Å². The van der Waals surface area contributed by atoms with Crippen LogP contribution in [0.3, 0.4) is 0 Å². The molecule has 0 saturated heterocycles. The molecule has 1 aromatic heterocycles. The Morgan fingerprint density at radius 2 is 2.00 bits per heavy atom. The number of hydrogen-bond acceptors (Lipinski definition) is 7. The van der Waals surface area contributed by atoms with Crippen molar-refractivity contribution in [2.24, 2.45) is 0 Å². The molecule has 26 heavy (non-hydrogen) atoms. The first-order valence-corrected chi connectivity index (χ1v) is 8.59. The summed E-state index contributed by atoms with van der Waals surface area (Å²) in [6.45, 7) is 4.57. The van der Waals surface area contributed by atoms with Crippen LogP contribution in [0.1, 0.15) is 19.7 Å². The van der Waals surface area contributed by atoms with Crippen LogP contribution in [-0.4, -0.2) is 47.3 Å². The quantitative estimate of drug-likeness (QED) is 0.668. The molecule has 0 atom stereocenters. The van der Waals surface area contributed by atoms with Crippen molar-refractivity contribution < 1.29 is 18.7 Å². The molecule has 0 unspecified atom stereocenters. The maximum absolute atomic E-state index is 11.8. The molecule has 2 aromatic rings. The van der Waals surface area contributed by atoms with Gasteiger partial charge in [-0.15, -0.1) is 5.10 Å². The lowest BCUT2D eigenvalue weighted by atomic mass is 10.3. The van der Waals surface area contributed by atoms with E-state index in [9.17, 15) is 4.79 Å². The molecule has 8 nitrogen and oxygen atoms in total. The number of rotatable bonds is 9. The highest BCUT2D eigenvalue weighted by Gasteiger charge is 2.12. The van der Waals surface area contributed by atoms with Crippen LogP contribution in [0.2, 0.25) is 0 Å². The van der Waals surface area contributed by atoms with Gasteiger partial charge < -0.3 is 19.2 Å². The zero-order chi connectivity index (χ0) is 19.1. The van der Waals surface area contributed by atoms with E-state index in [1.165, 1.54) is 4.68 Å². The fourth-order valence-electron chi connectivity index (χ4n) is 2.21. The second kappa shape index (κ2) is 9.35. The molecule has 0 radical (unpaired) electrons. The fourth-order valence-corrected chi connectivity index (χ4v) is 2.40. The number of methoxy groups -OCH3 is 1. The highest BCUT2D eigenvalue weighted by atomic mass is 32.1. The van der Waals surface area contributed by atoms with Crippen LogP contribution in [0, 0.1) is 4.84 Å². The van der Waals surface area contributed by atoms with Gasteiger partial charge in [0.25, 0.3) is 10.7 Å². The predicted octanol–water partition coefficient (Wildman–Crippen LogP) is 2.21. The molecule has 9 heteroatoms. The standard InChI is InChI=1S/C17H24N4O4S/c1-12(2)18-15(22)9-20(3)11-21-17(26)25-16(19-21)10-24-14-7-5-13(23-4)6-8-14/h5-8,12H,9-11H2,1-4H3,(H,18,22). The minimum absolute atomic E-state index is 0.0550. The zero-order valence-electron chi connectivity index (χ0n) is 15.4. The number of nitrogens with one attached hydrogen (secondary N) is 1. The molecule has 1 heterocycles. The Morgan fingerprint density at radius 1 is 1.35 bits per heavy atom. The number of amides is 1. The highest BCUT2D eigenvalue weighted by Crippen LogP contribution is 2.18. The van der Waals surface area contributed by atoms with E-state index in [1.54, 1.807) is 36.3 Å². The van der Waals surface area contributed by atoms with Crippen molar-refractivity contribution in [1.82, 2.24) is 20.0 Å². The first-order chi connectivity index (χ1) is 12.4. The molecule has 0 aliphatic rings. The summed E-state index contributed by atoms with van der Waals surface area (Å²) in [6.07, 6.45) is 0. The summed E-state index contributed by atoms with van der Waals surface area (Å²) < 4.78 is 17.7. The normalized spacial score (nSPS) is 11.0. The molecule has 0 spiro atoms. The maximum atomic E-state index is 11.8. The van der Waals surface area contributed by atoms with Crippen molar-refractivity contribution in [2.75, 3.05) is 20.7 Å². The van der Waals surface area contributed by atoms with Crippen molar-refractivity contribution in [1.29, 1.82) is 0 Å². The number of hydrogen-bond donors (Lipinski definition) is 1. The second-order valence-electron chi connectivity index (χ2n) is 6.10. The molecule has 142 valence electrons. The minimum Gasteiger partial charge on any atom is -0.497 e. The summed E-state index contributed by atoms with van der Waals surface area (Å²) >= 11 is 5.17. The Bertz CT molecular complexity index is 770. The number of carbonyl (C=O) groups is 1. The second-order valence-corrected chi connectivity index (χ2v) is 6.45. The lowest BCUT2D eigenvalue weighted by molar-refractivity contribution is -0.122. The highest BCUT2D eigenvalue weighted by molar-refractivity contribution is 7.71. The molecular formula is C17H24N4O4S. The van der Waals surface area contributed by atoms with Gasteiger partial charge in [-0.1, -0.05) is 0 Å². The van der Waals surface area contributed by atoms with Crippen LogP contribution >= 0.6 is 12.2 Å². The SMILES string of the molecule is COc1ccc(OCc2nn(CN(C)CC(=O)NC(C)C)c(=S)o2)cc1. The third kappa shape index (κ3) is 6.16. The van der Waals surface area contributed by atoms with Crippen LogP contribution in [0.5, 0.6) is 11.5 Å². The van der Waals surface area contributed by atoms with Gasteiger partial charge >= 0.3 is 0 Å². The lowest BCUT2D eigenvalue weighted by Gasteiger charge is -2.16. The summed E-state index contributed by atoms with van der Waals surface area (Å²) in [5.74, 6) is 1.74. The molecule has 0 saturated carbocycles. The van der Waals surface area contributed by atoms with Gasteiger partial charge in [0.05, 0.1) is 20.3 Å². The molecular weight excluding hydrogens is 356 g/mol. The van der Waals surface area contributed by atoms with Gasteiger partial charge in [0.2, 0.25) is 5.91 Å². The van der Waals surface area contributed by atoms with Crippen molar-refractivity contribution in [3.05, 3.63) is 35.0 Å². The molecule has 0 fully saturated rings. The number of nitrogens with zero attached hydrogens (tertiary/aromatic N) is 3. The van der Waals surface area contributed by atoms with Crippen LogP contribution in [0.25, 0.3) is 0 Å². The van der Waals surface area contributed by atoms with E-state index in [2.05, 4.69) is 10.4 Å². The number of aromatic nitrogens is 2. The van der Waals surface area contributed by atoms with Crippen LogP contribution < -0.4 is 14.8 Å². The predicted molar refractivity (Wildman–Crippen MR) is 98.6 cm³/mol. The monoisotopic (exact) mass is 380 g/mol. The smallest absolute Gasteiger partial charge is 0.288 e. The van der Waals surface area contributed by atoms with Gasteiger partial charge in [-0.05, 0) is 57.4 Å². The molecule has 1 N–H and O–H groups in total. The molecule has 0 bridgehead atoms. The number of ether oxygens (including phenoxy) is 2. The summed E-state index contributed by atoms with van der Waals surface area (Å²) in [5.41, 5.74) is 0. The van der Waals surface area contributed by atoms with E-state index in [4.69, 9.17) is 26.1 Å². The van der Waals surface area contributed by atoms with Crippen LogP contribution in [0.4, 0.5) is 0 Å². The Kier molecular flexibility index (Phi) is 7.16. The Morgan fingerprint density at radius 3 is 2.62 bits per heavy atom. The molecule has 2 rings (SSSR count). The number of carbonyl (C=O) groups excluding carboxylic acids is 1. The topological polar surface area (TPSA) is 81.8 Å². The Labute approximate surface area is 157 Å². The molecule has 1 amide bonds. The van der Waals surface area contributed by atoms with Crippen molar-refractivity contribution >= 4 is 18.1 Å². The Balaban J connectivity index is 1.89. The first kappa shape index (κ1) is 19.9. The van der Waals surface area contributed by atoms with E-state index in [1.807, 2.05) is 20.9 Å². The average molecular weight is 380 g/mol. The van der Waals surface area contributed by atoms with E-state index in [0.717, 1.165) is 5.75 Å². The van der Waals surface area contributed by atoms with Gasteiger partial charge in [0.15, 0.2) is 6.61 Å². The van der Waals surface area contributed by atoms with Gasteiger partial charge in [-0.3, -0.25) is 9.69 Å². The summed E-state index contributed by atoms with van der Waals surface area (Å²) in [5, 5.41) is 7.13. The van der Waals surface area contributed by atoms with Crippen molar-refractivity contribution in [3.63, 3.8) is 0 Å². The average Bonchev–Trinajstić information content (AvgIpc) is 2.92. The minimum atomic E-state index is -0.0550. The van der Waals surface area contributed by atoms with Crippen LogP contribution in [-0.2, 0) is 18.1 Å². The molecule has 0 aliphatic carbocycles. The van der Waals surface area contributed by atoms with Gasteiger partial charge in [-0.25, -0.2) is 4.68 Å². The van der Waals surface area contributed by atoms with Crippen molar-refractivity contribution in [2.45, 2.75) is 33.2 Å². The first-order valence-electron chi connectivity index (χ1n) is 8.19. The van der Waals surface area contributed by atoms with E-state index >= 15 is 0 Å². The van der Waals surface area contributed by atoms with Gasteiger partial charge in [0, 0.05) is 6.04 Å². The summed E-state index contributed by atoms with van der Waals surface area (Å²) in [6, 6.07) is 7.31. The van der Waals surface area contributed by atoms with Crippen molar-refractivity contribution in [3.8, 4) is 11.5 Å². The van der Waals surface area contributed by atoms with E-state index < -0.39 is 0 Å². The summed E-state index contributed by atoms with van der Waals surface area (Å²) in [4.78, 5) is 13.8. The number of likely N-dealkylation sites (N-methyl/N-ethyl adjacent to an activating group) is 1. The molecule has 0 aliphatic heterocycles. The number of benzene rings is 1. The fraction of sp³-hybridized carbons (Fsp3) is 0.471.